The average molecular weight is 451 g/mol. The zero-order chi connectivity index (χ0) is 22.0. The van der Waals surface area contributed by atoms with Crippen molar-refractivity contribution in [2.45, 2.75) is 69.6 Å². The predicted molar refractivity (Wildman–Crippen MR) is 122 cm³/mol. The molecule has 2 aliphatic carbocycles. The summed E-state index contributed by atoms with van der Waals surface area (Å²) in [6.07, 6.45) is 7.34. The van der Waals surface area contributed by atoms with Gasteiger partial charge in [0.15, 0.2) is 0 Å². The standard InChI is InChI=1S/C23H39ClN6O/c1-15-3-4-17(9-19(15)24)20-27-11-18(12-28-22(31)23(14-26)6-2-7-23)21(29-20)30-8-5-16(10-25)13-30/h15-21,27,29H,2-13,25H2,1H3,(H,28,31). The van der Waals surface area contributed by atoms with E-state index >= 15 is 0 Å². The zero-order valence-corrected chi connectivity index (χ0v) is 19.5. The van der Waals surface area contributed by atoms with E-state index in [-0.39, 0.29) is 29.5 Å². The highest BCUT2D eigenvalue weighted by Gasteiger charge is 2.46. The molecule has 8 heteroatoms. The summed E-state index contributed by atoms with van der Waals surface area (Å²) in [5, 5.41) is 20.5. The van der Waals surface area contributed by atoms with E-state index < -0.39 is 5.41 Å². The molecule has 0 aromatic carbocycles. The van der Waals surface area contributed by atoms with Gasteiger partial charge in [-0.25, -0.2) is 0 Å². The van der Waals surface area contributed by atoms with Crippen LogP contribution in [0, 0.1) is 40.4 Å². The second kappa shape index (κ2) is 9.93. The number of halogens is 1. The Bertz CT molecular complexity index is 679. The van der Waals surface area contributed by atoms with Crippen molar-refractivity contribution in [1.82, 2.24) is 20.9 Å². The molecule has 0 radical (unpaired) electrons. The van der Waals surface area contributed by atoms with Crippen LogP contribution in [0.1, 0.15) is 51.9 Å². The number of likely N-dealkylation sites (tertiary alicyclic amines) is 1. The Morgan fingerprint density at radius 1 is 1.35 bits per heavy atom. The molecule has 2 heterocycles. The lowest BCUT2D eigenvalue weighted by molar-refractivity contribution is -0.132. The maximum Gasteiger partial charge on any atom is 0.240 e. The maximum absolute atomic E-state index is 12.7. The minimum absolute atomic E-state index is 0.0883. The van der Waals surface area contributed by atoms with Gasteiger partial charge in [-0.05, 0) is 69.2 Å². The van der Waals surface area contributed by atoms with Gasteiger partial charge in [0.2, 0.25) is 5.91 Å². The molecule has 2 aliphatic heterocycles. The lowest BCUT2D eigenvalue weighted by Crippen LogP contribution is -2.68. The van der Waals surface area contributed by atoms with Gasteiger partial charge in [-0.1, -0.05) is 6.92 Å². The summed E-state index contributed by atoms with van der Waals surface area (Å²) in [4.78, 5) is 15.2. The third kappa shape index (κ3) is 4.89. The smallest absolute Gasteiger partial charge is 0.240 e. The Labute approximate surface area is 191 Å². The number of carbonyl (C=O) groups excluding carboxylic acids is 1. The summed E-state index contributed by atoms with van der Waals surface area (Å²) in [7, 11) is 0. The quantitative estimate of drug-likeness (QED) is 0.458. The molecule has 4 rings (SSSR count). The Morgan fingerprint density at radius 2 is 2.16 bits per heavy atom. The molecule has 0 bridgehead atoms. The van der Waals surface area contributed by atoms with E-state index in [9.17, 15) is 10.1 Å². The van der Waals surface area contributed by atoms with Crippen molar-refractivity contribution in [2.75, 3.05) is 32.7 Å². The summed E-state index contributed by atoms with van der Waals surface area (Å²) in [5.74, 6) is 1.83. The first-order valence-electron chi connectivity index (χ1n) is 12.2. The van der Waals surface area contributed by atoms with E-state index in [2.05, 4.69) is 33.8 Å². The molecule has 0 spiro atoms. The van der Waals surface area contributed by atoms with Crippen LogP contribution in [0.2, 0.25) is 0 Å². The number of carbonyl (C=O) groups is 1. The van der Waals surface area contributed by atoms with Crippen LogP contribution in [0.4, 0.5) is 0 Å². The highest BCUT2D eigenvalue weighted by Crippen LogP contribution is 2.40. The minimum Gasteiger partial charge on any atom is -0.354 e. The van der Waals surface area contributed by atoms with Crippen LogP contribution in [0.3, 0.4) is 0 Å². The molecular weight excluding hydrogens is 412 g/mol. The molecule has 2 saturated heterocycles. The fourth-order valence-corrected chi connectivity index (χ4v) is 6.23. The molecule has 31 heavy (non-hydrogen) atoms. The van der Waals surface area contributed by atoms with Gasteiger partial charge in [-0.2, -0.15) is 5.26 Å². The van der Waals surface area contributed by atoms with Gasteiger partial charge in [0.05, 0.1) is 18.4 Å². The number of nitrogens with zero attached hydrogens (tertiary/aromatic N) is 2. The number of rotatable bonds is 6. The van der Waals surface area contributed by atoms with Crippen molar-refractivity contribution >= 4 is 17.5 Å². The highest BCUT2D eigenvalue weighted by atomic mass is 35.5. The number of hydrogen-bond donors (Lipinski definition) is 4. The maximum atomic E-state index is 12.7. The topological polar surface area (TPSA) is 106 Å². The molecule has 4 aliphatic rings. The number of nitrogens with one attached hydrogen (secondary N) is 3. The summed E-state index contributed by atoms with van der Waals surface area (Å²) < 4.78 is 0. The van der Waals surface area contributed by atoms with E-state index in [1.807, 2.05) is 0 Å². The third-order valence-corrected chi connectivity index (χ3v) is 9.04. The van der Waals surface area contributed by atoms with E-state index in [0.29, 0.717) is 37.1 Å². The summed E-state index contributed by atoms with van der Waals surface area (Å²) >= 11 is 6.62. The normalized spacial score (nSPS) is 40.6. The van der Waals surface area contributed by atoms with E-state index in [1.54, 1.807) is 0 Å². The zero-order valence-electron chi connectivity index (χ0n) is 18.8. The second-order valence-electron chi connectivity index (χ2n) is 10.5. The molecule has 7 unspecified atom stereocenters. The Balaban J connectivity index is 1.40. The molecule has 0 aromatic heterocycles. The Hall–Kier alpha value is -0.910. The van der Waals surface area contributed by atoms with Crippen molar-refractivity contribution in [3.63, 3.8) is 0 Å². The van der Waals surface area contributed by atoms with Gasteiger partial charge in [0.25, 0.3) is 0 Å². The third-order valence-electron chi connectivity index (χ3n) is 8.43. The second-order valence-corrected chi connectivity index (χ2v) is 11.0. The molecular formula is C23H39ClN6O. The summed E-state index contributed by atoms with van der Waals surface area (Å²) in [6, 6.07) is 2.26. The number of nitriles is 1. The fraction of sp³-hybridized carbons (Fsp3) is 0.913. The first-order chi connectivity index (χ1) is 15.0. The lowest BCUT2D eigenvalue weighted by Gasteiger charge is -2.47. The van der Waals surface area contributed by atoms with Gasteiger partial charge >= 0.3 is 0 Å². The van der Waals surface area contributed by atoms with Crippen LogP contribution in [0.15, 0.2) is 0 Å². The molecule has 1 amide bonds. The SMILES string of the molecule is CC1CCC(C2NCC(CNC(=O)C3(C#N)CCC3)C(N3CCC(CN)C3)N2)CC1Cl. The van der Waals surface area contributed by atoms with Crippen LogP contribution in [0.5, 0.6) is 0 Å². The number of nitrogens with two attached hydrogens (primary N) is 1. The lowest BCUT2D eigenvalue weighted by atomic mass is 9.69. The monoisotopic (exact) mass is 450 g/mol. The van der Waals surface area contributed by atoms with Crippen molar-refractivity contribution < 1.29 is 4.79 Å². The predicted octanol–water partition coefficient (Wildman–Crippen LogP) is 1.58. The van der Waals surface area contributed by atoms with E-state index in [4.69, 9.17) is 17.3 Å². The number of alkyl halides is 1. The summed E-state index contributed by atoms with van der Waals surface area (Å²) in [6.45, 7) is 6.47. The number of amides is 1. The molecule has 4 fully saturated rings. The van der Waals surface area contributed by atoms with Crippen LogP contribution in [0.25, 0.3) is 0 Å². The molecule has 0 aromatic rings. The van der Waals surface area contributed by atoms with Crippen LogP contribution in [-0.4, -0.2) is 61.2 Å². The fourth-order valence-electron chi connectivity index (χ4n) is 5.88. The van der Waals surface area contributed by atoms with Gasteiger partial charge in [0, 0.05) is 37.5 Å². The van der Waals surface area contributed by atoms with E-state index in [1.165, 1.54) is 12.8 Å². The van der Waals surface area contributed by atoms with Crippen LogP contribution < -0.4 is 21.7 Å². The Morgan fingerprint density at radius 3 is 2.77 bits per heavy atom. The first kappa shape index (κ1) is 23.3. The number of hydrogen-bond acceptors (Lipinski definition) is 6. The van der Waals surface area contributed by atoms with Gasteiger partial charge < -0.3 is 16.4 Å². The van der Waals surface area contributed by atoms with Crippen molar-refractivity contribution in [3.8, 4) is 6.07 Å². The minimum atomic E-state index is -0.792. The van der Waals surface area contributed by atoms with Gasteiger partial charge in [0.1, 0.15) is 5.41 Å². The van der Waals surface area contributed by atoms with E-state index in [0.717, 1.165) is 45.4 Å². The summed E-state index contributed by atoms with van der Waals surface area (Å²) in [5.41, 5.74) is 5.16. The molecule has 174 valence electrons. The van der Waals surface area contributed by atoms with Gasteiger partial charge in [-0.15, -0.1) is 11.6 Å². The van der Waals surface area contributed by atoms with Gasteiger partial charge in [-0.3, -0.25) is 15.0 Å². The van der Waals surface area contributed by atoms with Crippen LogP contribution >= 0.6 is 11.6 Å². The van der Waals surface area contributed by atoms with Crippen molar-refractivity contribution in [2.24, 2.45) is 34.8 Å². The molecule has 7 nitrogen and oxygen atoms in total. The highest BCUT2D eigenvalue weighted by molar-refractivity contribution is 6.20. The van der Waals surface area contributed by atoms with Crippen molar-refractivity contribution in [1.29, 1.82) is 5.26 Å². The van der Waals surface area contributed by atoms with Crippen molar-refractivity contribution in [3.05, 3.63) is 0 Å². The Kier molecular flexibility index (Phi) is 7.45. The first-order valence-corrected chi connectivity index (χ1v) is 12.7. The molecule has 5 N–H and O–H groups in total. The largest absolute Gasteiger partial charge is 0.354 e. The average Bonchev–Trinajstić information content (AvgIpc) is 3.23. The van der Waals surface area contributed by atoms with Crippen LogP contribution in [-0.2, 0) is 4.79 Å². The molecule has 7 atom stereocenters. The molecule has 2 saturated carbocycles.